The molecule has 1 aromatic heterocycles. The molecule has 0 amide bonds. The van der Waals surface area contributed by atoms with Gasteiger partial charge >= 0.3 is 0 Å². The number of rotatable bonds is 9. The third-order valence-corrected chi connectivity index (χ3v) is 3.50. The van der Waals surface area contributed by atoms with Crippen molar-refractivity contribution in [3.05, 3.63) is 35.2 Å². The molecule has 9 heteroatoms. The first-order chi connectivity index (χ1) is 12.2. The van der Waals surface area contributed by atoms with E-state index in [-0.39, 0.29) is 24.0 Å². The maximum absolute atomic E-state index is 5.88. The summed E-state index contributed by atoms with van der Waals surface area (Å²) in [4.78, 5) is 8.82. The molecule has 0 spiro atoms. The predicted molar refractivity (Wildman–Crippen MR) is 114 cm³/mol. The van der Waals surface area contributed by atoms with Crippen LogP contribution >= 0.6 is 35.6 Å². The van der Waals surface area contributed by atoms with Gasteiger partial charge in [0.05, 0.1) is 0 Å². The molecule has 0 saturated carbocycles. The SMILES string of the molecule is CCNC(=NCc1nc(-c2ccc(Cl)cc2)no1)NCCCOCC.I. The Hall–Kier alpha value is -1.39. The topological polar surface area (TPSA) is 84.6 Å². The number of nitrogens with one attached hydrogen (secondary N) is 2. The zero-order valence-corrected chi connectivity index (χ0v) is 18.1. The van der Waals surface area contributed by atoms with E-state index >= 15 is 0 Å². The number of halogens is 2. The Bertz CT molecular complexity index is 663. The van der Waals surface area contributed by atoms with Crippen molar-refractivity contribution in [1.29, 1.82) is 0 Å². The molecule has 2 N–H and O–H groups in total. The lowest BCUT2D eigenvalue weighted by Gasteiger charge is -2.10. The maximum Gasteiger partial charge on any atom is 0.248 e. The quantitative estimate of drug-likeness (QED) is 0.241. The van der Waals surface area contributed by atoms with Crippen LogP contribution < -0.4 is 10.6 Å². The first-order valence-electron chi connectivity index (χ1n) is 8.41. The monoisotopic (exact) mass is 493 g/mol. The van der Waals surface area contributed by atoms with Crippen molar-refractivity contribution in [2.45, 2.75) is 26.8 Å². The lowest BCUT2D eigenvalue weighted by Crippen LogP contribution is -2.38. The van der Waals surface area contributed by atoms with Gasteiger partial charge in [-0.2, -0.15) is 4.98 Å². The normalized spacial score (nSPS) is 11.1. The third kappa shape index (κ3) is 7.88. The summed E-state index contributed by atoms with van der Waals surface area (Å²) in [6, 6.07) is 7.29. The highest BCUT2D eigenvalue weighted by Crippen LogP contribution is 2.18. The Morgan fingerprint density at radius 2 is 2.00 bits per heavy atom. The lowest BCUT2D eigenvalue weighted by atomic mass is 10.2. The average molecular weight is 494 g/mol. The van der Waals surface area contributed by atoms with Crippen LogP contribution in [0.15, 0.2) is 33.8 Å². The molecule has 144 valence electrons. The number of aromatic nitrogens is 2. The van der Waals surface area contributed by atoms with Crippen LogP contribution in [0.1, 0.15) is 26.2 Å². The summed E-state index contributed by atoms with van der Waals surface area (Å²) in [5, 5.41) is 11.1. The molecule has 0 aliphatic heterocycles. The fraction of sp³-hybridized carbons (Fsp3) is 0.471. The number of aliphatic imine (C=N–C) groups is 1. The van der Waals surface area contributed by atoms with E-state index in [1.165, 1.54) is 0 Å². The molecule has 2 rings (SSSR count). The van der Waals surface area contributed by atoms with E-state index in [0.29, 0.717) is 29.2 Å². The summed E-state index contributed by atoms with van der Waals surface area (Å²) >= 11 is 5.88. The van der Waals surface area contributed by atoms with Gasteiger partial charge in [-0.05, 0) is 44.5 Å². The summed E-state index contributed by atoms with van der Waals surface area (Å²) in [5.41, 5.74) is 0.851. The van der Waals surface area contributed by atoms with E-state index in [4.69, 9.17) is 20.9 Å². The van der Waals surface area contributed by atoms with Crippen LogP contribution in [-0.2, 0) is 11.3 Å². The predicted octanol–water partition coefficient (Wildman–Crippen LogP) is 3.49. The second-order valence-corrected chi connectivity index (χ2v) is 5.63. The minimum absolute atomic E-state index is 0. The van der Waals surface area contributed by atoms with Crippen LogP contribution in [-0.4, -0.2) is 42.4 Å². The second kappa shape index (κ2) is 12.9. The van der Waals surface area contributed by atoms with Gasteiger partial charge in [0.25, 0.3) is 0 Å². The first kappa shape index (κ1) is 22.7. The van der Waals surface area contributed by atoms with Gasteiger partial charge in [-0.15, -0.1) is 24.0 Å². The molecular formula is C17H25ClIN5O2. The second-order valence-electron chi connectivity index (χ2n) is 5.19. The minimum atomic E-state index is 0. The third-order valence-electron chi connectivity index (χ3n) is 3.25. The highest BCUT2D eigenvalue weighted by molar-refractivity contribution is 14.0. The van der Waals surface area contributed by atoms with Crippen LogP contribution in [0.5, 0.6) is 0 Å². The van der Waals surface area contributed by atoms with Gasteiger partial charge in [0.2, 0.25) is 11.7 Å². The highest BCUT2D eigenvalue weighted by atomic mass is 127. The maximum atomic E-state index is 5.88. The van der Waals surface area contributed by atoms with Crippen molar-refractivity contribution in [3.63, 3.8) is 0 Å². The van der Waals surface area contributed by atoms with E-state index in [1.807, 2.05) is 26.0 Å². The molecule has 0 atom stereocenters. The molecule has 0 saturated heterocycles. The van der Waals surface area contributed by atoms with Crippen LogP contribution in [0.25, 0.3) is 11.4 Å². The molecule has 0 aliphatic carbocycles. The van der Waals surface area contributed by atoms with Gasteiger partial charge in [0.15, 0.2) is 5.96 Å². The number of hydrogen-bond donors (Lipinski definition) is 2. The molecule has 1 aromatic carbocycles. The van der Waals surface area contributed by atoms with E-state index < -0.39 is 0 Å². The standard InChI is InChI=1S/C17H24ClN5O2.HI/c1-3-19-17(20-10-5-11-24-4-2)21-12-15-22-16(23-25-15)13-6-8-14(18)9-7-13;/h6-9H,3-5,10-12H2,1-2H3,(H2,19,20,21);1H. The van der Waals surface area contributed by atoms with Gasteiger partial charge in [-0.25, -0.2) is 4.99 Å². The molecule has 0 bridgehead atoms. The van der Waals surface area contributed by atoms with E-state index in [2.05, 4.69) is 25.8 Å². The Kier molecular flexibility index (Phi) is 11.2. The smallest absolute Gasteiger partial charge is 0.248 e. The van der Waals surface area contributed by atoms with E-state index in [1.54, 1.807) is 12.1 Å². The Balaban J connectivity index is 0.00000338. The zero-order chi connectivity index (χ0) is 17.9. The van der Waals surface area contributed by atoms with Crippen LogP contribution in [0.4, 0.5) is 0 Å². The van der Waals surface area contributed by atoms with Gasteiger partial charge in [-0.1, -0.05) is 16.8 Å². The average Bonchev–Trinajstić information content (AvgIpc) is 3.09. The molecule has 0 fully saturated rings. The molecule has 0 unspecified atom stereocenters. The summed E-state index contributed by atoms with van der Waals surface area (Å²) in [6.07, 6.45) is 0.916. The summed E-state index contributed by atoms with van der Waals surface area (Å²) in [5.74, 6) is 1.69. The number of guanidine groups is 1. The molecule has 26 heavy (non-hydrogen) atoms. The van der Waals surface area contributed by atoms with Crippen molar-refractivity contribution in [3.8, 4) is 11.4 Å². The molecule has 0 aliphatic rings. The largest absolute Gasteiger partial charge is 0.382 e. The number of nitrogens with zero attached hydrogens (tertiary/aromatic N) is 3. The van der Waals surface area contributed by atoms with Crippen LogP contribution in [0.2, 0.25) is 5.02 Å². The van der Waals surface area contributed by atoms with Crippen molar-refractivity contribution in [2.24, 2.45) is 4.99 Å². The van der Waals surface area contributed by atoms with Gasteiger partial charge in [0.1, 0.15) is 6.54 Å². The first-order valence-corrected chi connectivity index (χ1v) is 8.79. The van der Waals surface area contributed by atoms with Gasteiger partial charge < -0.3 is 19.9 Å². The van der Waals surface area contributed by atoms with Crippen LogP contribution in [0, 0.1) is 0 Å². The summed E-state index contributed by atoms with van der Waals surface area (Å²) in [7, 11) is 0. The van der Waals surface area contributed by atoms with Gasteiger partial charge in [-0.3, -0.25) is 0 Å². The van der Waals surface area contributed by atoms with Crippen molar-refractivity contribution < 1.29 is 9.26 Å². The fourth-order valence-electron chi connectivity index (χ4n) is 2.05. The number of ether oxygens (including phenoxy) is 1. The minimum Gasteiger partial charge on any atom is -0.382 e. The molecule has 7 nitrogen and oxygen atoms in total. The molecular weight excluding hydrogens is 469 g/mol. The molecule has 2 aromatic rings. The van der Waals surface area contributed by atoms with E-state index in [0.717, 1.165) is 38.3 Å². The Labute approximate surface area is 176 Å². The summed E-state index contributed by atoms with van der Waals surface area (Å²) < 4.78 is 10.6. The number of benzene rings is 1. The Morgan fingerprint density at radius 3 is 2.69 bits per heavy atom. The fourth-order valence-corrected chi connectivity index (χ4v) is 2.18. The molecule has 1 heterocycles. The van der Waals surface area contributed by atoms with Crippen molar-refractivity contribution in [1.82, 2.24) is 20.8 Å². The van der Waals surface area contributed by atoms with Crippen molar-refractivity contribution >= 4 is 41.5 Å². The highest BCUT2D eigenvalue weighted by Gasteiger charge is 2.08. The zero-order valence-electron chi connectivity index (χ0n) is 15.0. The molecule has 0 radical (unpaired) electrons. The Morgan fingerprint density at radius 1 is 1.23 bits per heavy atom. The van der Waals surface area contributed by atoms with E-state index in [9.17, 15) is 0 Å². The van der Waals surface area contributed by atoms with Crippen LogP contribution in [0.3, 0.4) is 0 Å². The summed E-state index contributed by atoms with van der Waals surface area (Å²) in [6.45, 7) is 7.34. The van der Waals surface area contributed by atoms with Gasteiger partial charge in [0, 0.05) is 36.9 Å². The number of hydrogen-bond acceptors (Lipinski definition) is 5. The lowest BCUT2D eigenvalue weighted by molar-refractivity contribution is 0.145. The van der Waals surface area contributed by atoms with Crippen molar-refractivity contribution in [2.75, 3.05) is 26.3 Å².